The van der Waals surface area contributed by atoms with Gasteiger partial charge in [-0.2, -0.15) is 0 Å². The third kappa shape index (κ3) is 4.69. The summed E-state index contributed by atoms with van der Waals surface area (Å²) in [4.78, 5) is 23.4. The lowest BCUT2D eigenvalue weighted by Crippen LogP contribution is -2.17. The molecule has 126 valence electrons. The summed E-state index contributed by atoms with van der Waals surface area (Å²) in [5, 5.41) is 6.17. The fourth-order valence-electron chi connectivity index (χ4n) is 2.80. The Hall–Kier alpha value is -2.62. The lowest BCUT2D eigenvalue weighted by atomic mass is 10.1. The van der Waals surface area contributed by atoms with Gasteiger partial charge in [-0.25, -0.2) is 0 Å². The Morgan fingerprint density at radius 2 is 1.67 bits per heavy atom. The molecule has 0 saturated heterocycles. The van der Waals surface area contributed by atoms with E-state index in [1.54, 1.807) is 24.3 Å². The molecule has 2 aromatic carbocycles. The Morgan fingerprint density at radius 3 is 2.29 bits per heavy atom. The van der Waals surface area contributed by atoms with E-state index < -0.39 is 0 Å². The number of hydrogen-bond donors (Lipinski definition) is 2. The molecule has 24 heavy (non-hydrogen) atoms. The van der Waals surface area contributed by atoms with Crippen molar-refractivity contribution in [1.29, 1.82) is 0 Å². The van der Waals surface area contributed by atoms with Gasteiger partial charge in [0.1, 0.15) is 0 Å². The molecule has 0 aliphatic rings. The SMILES string of the molecule is CC(=O)c1cccc(NC(=O)CCNc2c(C)cc(C)cc2C)c1. The highest BCUT2D eigenvalue weighted by molar-refractivity contribution is 5.97. The van der Waals surface area contributed by atoms with Gasteiger partial charge in [0.05, 0.1) is 0 Å². The van der Waals surface area contributed by atoms with E-state index in [-0.39, 0.29) is 11.7 Å². The fraction of sp³-hybridized carbons (Fsp3) is 0.300. The van der Waals surface area contributed by atoms with E-state index in [1.165, 1.54) is 23.6 Å². The van der Waals surface area contributed by atoms with Crippen LogP contribution in [0.4, 0.5) is 11.4 Å². The first-order chi connectivity index (χ1) is 11.4. The molecule has 4 nitrogen and oxygen atoms in total. The van der Waals surface area contributed by atoms with Crippen LogP contribution in [0.15, 0.2) is 36.4 Å². The van der Waals surface area contributed by atoms with E-state index in [9.17, 15) is 9.59 Å². The van der Waals surface area contributed by atoms with Crippen LogP contribution in [0.25, 0.3) is 0 Å². The van der Waals surface area contributed by atoms with Gasteiger partial charge >= 0.3 is 0 Å². The second kappa shape index (κ2) is 7.77. The van der Waals surface area contributed by atoms with Gasteiger partial charge in [-0.05, 0) is 51.0 Å². The molecule has 0 spiro atoms. The van der Waals surface area contributed by atoms with Crippen LogP contribution < -0.4 is 10.6 Å². The number of nitrogens with one attached hydrogen (secondary N) is 2. The van der Waals surface area contributed by atoms with Crippen LogP contribution in [-0.4, -0.2) is 18.2 Å². The van der Waals surface area contributed by atoms with E-state index in [2.05, 4.69) is 43.5 Å². The van der Waals surface area contributed by atoms with Crippen molar-refractivity contribution in [3.05, 3.63) is 58.7 Å². The number of anilines is 2. The molecular weight excluding hydrogens is 300 g/mol. The maximum Gasteiger partial charge on any atom is 0.226 e. The summed E-state index contributed by atoms with van der Waals surface area (Å²) in [5.74, 6) is -0.0938. The average molecular weight is 324 g/mol. The van der Waals surface area contributed by atoms with Crippen LogP contribution in [-0.2, 0) is 4.79 Å². The molecule has 0 aliphatic carbocycles. The summed E-state index contributed by atoms with van der Waals surface area (Å²) in [6.45, 7) is 8.28. The van der Waals surface area contributed by atoms with Crippen LogP contribution >= 0.6 is 0 Å². The highest BCUT2D eigenvalue weighted by Gasteiger charge is 2.07. The molecular formula is C20H24N2O2. The smallest absolute Gasteiger partial charge is 0.226 e. The van der Waals surface area contributed by atoms with Crippen molar-refractivity contribution in [2.45, 2.75) is 34.1 Å². The number of carbonyl (C=O) groups is 2. The second-order valence-corrected chi connectivity index (χ2v) is 6.14. The lowest BCUT2D eigenvalue weighted by molar-refractivity contribution is -0.115. The van der Waals surface area contributed by atoms with E-state index in [4.69, 9.17) is 0 Å². The standard InChI is InChI=1S/C20H24N2O2/c1-13-10-14(2)20(15(3)11-13)21-9-8-19(24)22-18-7-5-6-17(12-18)16(4)23/h5-7,10-12,21H,8-9H2,1-4H3,(H,22,24). The van der Waals surface area contributed by atoms with E-state index >= 15 is 0 Å². The number of carbonyl (C=O) groups excluding carboxylic acids is 2. The van der Waals surface area contributed by atoms with Gasteiger partial charge in [-0.1, -0.05) is 29.8 Å². The molecule has 0 bridgehead atoms. The Balaban J connectivity index is 1.90. The molecule has 2 N–H and O–H groups in total. The fourth-order valence-corrected chi connectivity index (χ4v) is 2.80. The monoisotopic (exact) mass is 324 g/mol. The minimum absolute atomic E-state index is 0.0157. The number of rotatable bonds is 6. The van der Waals surface area contributed by atoms with Gasteiger partial charge in [0, 0.05) is 29.9 Å². The van der Waals surface area contributed by atoms with Crippen molar-refractivity contribution in [3.63, 3.8) is 0 Å². The number of aryl methyl sites for hydroxylation is 3. The zero-order chi connectivity index (χ0) is 17.7. The maximum absolute atomic E-state index is 12.1. The van der Waals surface area contributed by atoms with Gasteiger partial charge in [-0.3, -0.25) is 9.59 Å². The lowest BCUT2D eigenvalue weighted by Gasteiger charge is -2.14. The van der Waals surface area contributed by atoms with E-state index in [1.807, 2.05) is 0 Å². The molecule has 0 aliphatic heterocycles. The molecule has 1 amide bonds. The van der Waals surface area contributed by atoms with Gasteiger partial charge in [0.15, 0.2) is 5.78 Å². The van der Waals surface area contributed by atoms with Crippen molar-refractivity contribution in [2.24, 2.45) is 0 Å². The summed E-state index contributed by atoms with van der Waals surface area (Å²) >= 11 is 0. The highest BCUT2D eigenvalue weighted by Crippen LogP contribution is 2.21. The predicted molar refractivity (Wildman–Crippen MR) is 98.8 cm³/mol. The number of amides is 1. The zero-order valence-electron chi connectivity index (χ0n) is 14.7. The Labute approximate surface area is 143 Å². The molecule has 0 fully saturated rings. The van der Waals surface area contributed by atoms with Crippen LogP contribution in [0, 0.1) is 20.8 Å². The summed E-state index contributed by atoms with van der Waals surface area (Å²) in [6, 6.07) is 11.2. The van der Waals surface area contributed by atoms with Crippen molar-refractivity contribution in [1.82, 2.24) is 0 Å². The van der Waals surface area contributed by atoms with Crippen LogP contribution in [0.3, 0.4) is 0 Å². The first-order valence-corrected chi connectivity index (χ1v) is 8.09. The third-order valence-corrected chi connectivity index (χ3v) is 3.88. The summed E-state index contributed by atoms with van der Waals surface area (Å²) in [7, 11) is 0. The van der Waals surface area contributed by atoms with Gasteiger partial charge in [-0.15, -0.1) is 0 Å². The van der Waals surface area contributed by atoms with Crippen molar-refractivity contribution in [2.75, 3.05) is 17.2 Å². The Bertz CT molecular complexity index is 743. The third-order valence-electron chi connectivity index (χ3n) is 3.88. The molecule has 2 aromatic rings. The van der Waals surface area contributed by atoms with Crippen molar-refractivity contribution >= 4 is 23.1 Å². The van der Waals surface area contributed by atoms with E-state index in [0.717, 1.165) is 5.69 Å². The topological polar surface area (TPSA) is 58.2 Å². The van der Waals surface area contributed by atoms with Gasteiger partial charge in [0.2, 0.25) is 5.91 Å². The summed E-state index contributed by atoms with van der Waals surface area (Å²) < 4.78 is 0. The first-order valence-electron chi connectivity index (χ1n) is 8.09. The minimum atomic E-state index is -0.0781. The summed E-state index contributed by atoms with van der Waals surface area (Å²) in [5.41, 5.74) is 5.93. The van der Waals surface area contributed by atoms with Gasteiger partial charge < -0.3 is 10.6 Å². The van der Waals surface area contributed by atoms with Crippen LogP contribution in [0.2, 0.25) is 0 Å². The molecule has 0 aromatic heterocycles. The highest BCUT2D eigenvalue weighted by atomic mass is 16.1. The Morgan fingerprint density at radius 1 is 1.00 bits per heavy atom. The predicted octanol–water partition coefficient (Wildman–Crippen LogP) is 4.26. The molecule has 0 atom stereocenters. The summed E-state index contributed by atoms with van der Waals surface area (Å²) in [6.07, 6.45) is 0.358. The van der Waals surface area contributed by atoms with Crippen LogP contribution in [0.5, 0.6) is 0 Å². The van der Waals surface area contributed by atoms with Gasteiger partial charge in [0.25, 0.3) is 0 Å². The second-order valence-electron chi connectivity index (χ2n) is 6.14. The molecule has 4 heteroatoms. The van der Waals surface area contributed by atoms with Crippen LogP contribution in [0.1, 0.15) is 40.4 Å². The number of Topliss-reactive ketones (excluding diaryl/α,β-unsaturated/α-hetero) is 1. The normalized spacial score (nSPS) is 10.3. The first kappa shape index (κ1) is 17.7. The molecule has 0 heterocycles. The van der Waals surface area contributed by atoms with Crippen molar-refractivity contribution in [3.8, 4) is 0 Å². The van der Waals surface area contributed by atoms with E-state index in [0.29, 0.717) is 24.2 Å². The Kier molecular flexibility index (Phi) is 5.74. The van der Waals surface area contributed by atoms with Crippen molar-refractivity contribution < 1.29 is 9.59 Å². The molecule has 0 unspecified atom stereocenters. The number of hydrogen-bond acceptors (Lipinski definition) is 3. The zero-order valence-corrected chi connectivity index (χ0v) is 14.7. The molecule has 0 radical (unpaired) electrons. The average Bonchev–Trinajstić information content (AvgIpc) is 2.50. The number of ketones is 1. The molecule has 0 saturated carbocycles. The molecule has 2 rings (SSSR count). The number of benzene rings is 2. The minimum Gasteiger partial charge on any atom is -0.384 e. The maximum atomic E-state index is 12.1. The quantitative estimate of drug-likeness (QED) is 0.781. The largest absolute Gasteiger partial charge is 0.384 e.